The van der Waals surface area contributed by atoms with Crippen LogP contribution in [0.5, 0.6) is 0 Å². The zero-order chi connectivity index (χ0) is 21.6. The highest BCUT2D eigenvalue weighted by molar-refractivity contribution is 5.95. The zero-order valence-corrected chi connectivity index (χ0v) is 18.5. The summed E-state index contributed by atoms with van der Waals surface area (Å²) in [6, 6.07) is 9.93. The average molecular weight is 424 g/mol. The van der Waals surface area contributed by atoms with Crippen LogP contribution in [-0.2, 0) is 11.2 Å². The van der Waals surface area contributed by atoms with Gasteiger partial charge in [0, 0.05) is 39.3 Å². The Balaban J connectivity index is 1.35. The van der Waals surface area contributed by atoms with Gasteiger partial charge in [-0.15, -0.1) is 0 Å². The van der Waals surface area contributed by atoms with E-state index < -0.39 is 0 Å². The molecule has 2 aliphatic rings. The molecule has 1 aromatic heterocycles. The van der Waals surface area contributed by atoms with Gasteiger partial charge in [0.2, 0.25) is 5.91 Å². The lowest BCUT2D eigenvalue weighted by molar-refractivity contribution is -0.132. The first-order chi connectivity index (χ1) is 15.2. The Morgan fingerprint density at radius 1 is 0.871 bits per heavy atom. The van der Waals surface area contributed by atoms with Crippen molar-refractivity contribution < 1.29 is 9.59 Å². The number of aromatic nitrogens is 2. The molecule has 1 aromatic carbocycles. The first-order valence-corrected chi connectivity index (χ1v) is 11.6. The number of hydrogen-bond acceptors (Lipinski definition) is 4. The molecule has 7 heteroatoms. The number of carbonyl (C=O) groups excluding carboxylic acids is 2. The monoisotopic (exact) mass is 423 g/mol. The molecule has 166 valence electrons. The molecule has 2 aromatic rings. The lowest BCUT2D eigenvalue weighted by Crippen LogP contribution is -2.51. The van der Waals surface area contributed by atoms with Crippen LogP contribution in [0.1, 0.15) is 48.7 Å². The number of piperazine rings is 1. The number of benzene rings is 1. The van der Waals surface area contributed by atoms with Gasteiger partial charge in [-0.1, -0.05) is 38.0 Å². The number of amides is 2. The second kappa shape index (κ2) is 10.1. The molecule has 4 rings (SSSR count). The Bertz CT molecular complexity index is 879. The van der Waals surface area contributed by atoms with E-state index in [1.54, 1.807) is 6.20 Å². The number of rotatable bonds is 5. The van der Waals surface area contributed by atoms with Crippen LogP contribution in [0.15, 0.2) is 36.5 Å². The van der Waals surface area contributed by atoms with Gasteiger partial charge in [0.05, 0.1) is 29.7 Å². The van der Waals surface area contributed by atoms with E-state index in [2.05, 4.69) is 16.9 Å². The highest BCUT2D eigenvalue weighted by atomic mass is 16.2. The minimum absolute atomic E-state index is 0.0394. The molecule has 0 radical (unpaired) electrons. The predicted molar refractivity (Wildman–Crippen MR) is 120 cm³/mol. The minimum Gasteiger partial charge on any atom is -0.342 e. The van der Waals surface area contributed by atoms with Gasteiger partial charge >= 0.3 is 0 Å². The third kappa shape index (κ3) is 4.98. The average Bonchev–Trinajstić information content (AvgIpc) is 3.05. The molecule has 0 saturated carbocycles. The summed E-state index contributed by atoms with van der Waals surface area (Å²) in [6.07, 6.45) is 7.12. The molecule has 2 aliphatic heterocycles. The van der Waals surface area contributed by atoms with Crippen molar-refractivity contribution in [2.45, 2.75) is 39.0 Å². The van der Waals surface area contributed by atoms with E-state index in [1.165, 1.54) is 12.8 Å². The van der Waals surface area contributed by atoms with Crippen LogP contribution >= 0.6 is 0 Å². The summed E-state index contributed by atoms with van der Waals surface area (Å²) in [6.45, 7) is 7.07. The Kier molecular flexibility index (Phi) is 7.02. The van der Waals surface area contributed by atoms with E-state index in [0.717, 1.165) is 56.8 Å². The Morgan fingerprint density at radius 3 is 2.19 bits per heavy atom. The maximum atomic E-state index is 13.2. The van der Waals surface area contributed by atoms with Gasteiger partial charge in [-0.3, -0.25) is 14.5 Å². The quantitative estimate of drug-likeness (QED) is 0.742. The van der Waals surface area contributed by atoms with E-state index in [1.807, 2.05) is 44.8 Å². The fourth-order valence-electron chi connectivity index (χ4n) is 4.58. The van der Waals surface area contributed by atoms with Crippen molar-refractivity contribution in [1.29, 1.82) is 0 Å². The largest absolute Gasteiger partial charge is 0.342 e. The summed E-state index contributed by atoms with van der Waals surface area (Å²) in [7, 11) is 0. The number of para-hydroxylation sites is 1. The second-order valence-corrected chi connectivity index (χ2v) is 8.47. The van der Waals surface area contributed by atoms with Gasteiger partial charge < -0.3 is 9.80 Å². The third-order valence-electron chi connectivity index (χ3n) is 6.41. The maximum Gasteiger partial charge on any atom is 0.257 e. The summed E-state index contributed by atoms with van der Waals surface area (Å²) in [5, 5.41) is 4.50. The van der Waals surface area contributed by atoms with Crippen LogP contribution < -0.4 is 0 Å². The molecule has 0 atom stereocenters. The van der Waals surface area contributed by atoms with Crippen LogP contribution in [0.4, 0.5) is 0 Å². The molecular weight excluding hydrogens is 390 g/mol. The Labute approximate surface area is 184 Å². The highest BCUT2D eigenvalue weighted by Crippen LogP contribution is 2.18. The predicted octanol–water partition coefficient (Wildman–Crippen LogP) is 2.60. The van der Waals surface area contributed by atoms with Crippen LogP contribution in [0.3, 0.4) is 0 Å². The first kappa shape index (κ1) is 21.6. The van der Waals surface area contributed by atoms with Crippen molar-refractivity contribution >= 4 is 11.8 Å². The van der Waals surface area contributed by atoms with Gasteiger partial charge in [-0.05, 0) is 31.4 Å². The highest BCUT2D eigenvalue weighted by Gasteiger charge is 2.27. The van der Waals surface area contributed by atoms with Gasteiger partial charge in [0.15, 0.2) is 0 Å². The molecule has 3 heterocycles. The van der Waals surface area contributed by atoms with E-state index in [4.69, 9.17) is 0 Å². The smallest absolute Gasteiger partial charge is 0.257 e. The summed E-state index contributed by atoms with van der Waals surface area (Å²) in [5.74, 6) is 0.275. The maximum absolute atomic E-state index is 13.2. The van der Waals surface area contributed by atoms with Crippen molar-refractivity contribution in [3.8, 4) is 5.69 Å². The van der Waals surface area contributed by atoms with Gasteiger partial charge in [-0.25, -0.2) is 4.68 Å². The standard InChI is InChI=1S/C24H33N5O2/c1-2-22-21(18-25-29(22)20-10-6-5-7-11-20)24(31)28-16-14-26(15-17-28)19-23(30)27-12-8-3-4-9-13-27/h5-7,10-11,18H,2-4,8-9,12-17,19H2,1H3. The van der Waals surface area contributed by atoms with Crippen LogP contribution in [-0.4, -0.2) is 82.1 Å². The minimum atomic E-state index is 0.0394. The third-order valence-corrected chi connectivity index (χ3v) is 6.41. The molecule has 0 unspecified atom stereocenters. The summed E-state index contributed by atoms with van der Waals surface area (Å²) in [4.78, 5) is 32.0. The van der Waals surface area contributed by atoms with Crippen LogP contribution in [0.25, 0.3) is 5.69 Å². The van der Waals surface area contributed by atoms with E-state index in [-0.39, 0.29) is 11.8 Å². The Morgan fingerprint density at radius 2 is 1.55 bits per heavy atom. The number of carbonyl (C=O) groups is 2. The van der Waals surface area contributed by atoms with Gasteiger partial charge in [-0.2, -0.15) is 5.10 Å². The van der Waals surface area contributed by atoms with Crippen molar-refractivity contribution in [2.24, 2.45) is 0 Å². The van der Waals surface area contributed by atoms with Crippen LogP contribution in [0.2, 0.25) is 0 Å². The normalized spacial score (nSPS) is 18.1. The number of nitrogens with zero attached hydrogens (tertiary/aromatic N) is 5. The lowest BCUT2D eigenvalue weighted by atomic mass is 10.1. The molecule has 7 nitrogen and oxygen atoms in total. The molecule has 31 heavy (non-hydrogen) atoms. The molecule has 0 spiro atoms. The molecule has 0 bridgehead atoms. The van der Waals surface area contributed by atoms with E-state index in [9.17, 15) is 9.59 Å². The molecule has 0 N–H and O–H groups in total. The molecule has 2 saturated heterocycles. The van der Waals surface area contributed by atoms with E-state index >= 15 is 0 Å². The van der Waals surface area contributed by atoms with Crippen molar-refractivity contribution in [1.82, 2.24) is 24.5 Å². The zero-order valence-electron chi connectivity index (χ0n) is 18.5. The lowest BCUT2D eigenvalue weighted by Gasteiger charge is -2.35. The van der Waals surface area contributed by atoms with Crippen molar-refractivity contribution in [3.63, 3.8) is 0 Å². The fourth-order valence-corrected chi connectivity index (χ4v) is 4.58. The topological polar surface area (TPSA) is 61.7 Å². The molecule has 0 aliphatic carbocycles. The van der Waals surface area contributed by atoms with Crippen molar-refractivity contribution in [2.75, 3.05) is 45.8 Å². The Hall–Kier alpha value is -2.67. The second-order valence-electron chi connectivity index (χ2n) is 8.47. The summed E-state index contributed by atoms with van der Waals surface area (Å²) in [5.41, 5.74) is 2.59. The number of likely N-dealkylation sites (tertiary alicyclic amines) is 1. The summed E-state index contributed by atoms with van der Waals surface area (Å²) < 4.78 is 1.86. The fraction of sp³-hybridized carbons (Fsp3) is 0.542. The van der Waals surface area contributed by atoms with Crippen molar-refractivity contribution in [3.05, 3.63) is 47.8 Å². The summed E-state index contributed by atoms with van der Waals surface area (Å²) >= 11 is 0. The van der Waals surface area contributed by atoms with Gasteiger partial charge in [0.1, 0.15) is 0 Å². The van der Waals surface area contributed by atoms with Gasteiger partial charge in [0.25, 0.3) is 5.91 Å². The number of hydrogen-bond donors (Lipinski definition) is 0. The van der Waals surface area contributed by atoms with Crippen LogP contribution in [0, 0.1) is 0 Å². The molecular formula is C24H33N5O2. The molecule has 2 fully saturated rings. The van der Waals surface area contributed by atoms with E-state index in [0.29, 0.717) is 25.2 Å². The molecule has 2 amide bonds. The first-order valence-electron chi connectivity index (χ1n) is 11.6. The SMILES string of the molecule is CCc1c(C(=O)N2CCN(CC(=O)N3CCCCCC3)CC2)cnn1-c1ccccc1.